The van der Waals surface area contributed by atoms with Crippen LogP contribution in [0.3, 0.4) is 0 Å². The van der Waals surface area contributed by atoms with Crippen molar-refractivity contribution in [3.63, 3.8) is 0 Å². The molecule has 0 amide bonds. The van der Waals surface area contributed by atoms with Crippen LogP contribution in [-0.4, -0.2) is 23.0 Å². The summed E-state index contributed by atoms with van der Waals surface area (Å²) in [4.78, 5) is 36.3. The molecule has 26 heavy (non-hydrogen) atoms. The zero-order valence-electron chi connectivity index (χ0n) is 14.7. The summed E-state index contributed by atoms with van der Waals surface area (Å²) in [7, 11) is 0. The molecule has 1 aromatic heterocycles. The van der Waals surface area contributed by atoms with Crippen LogP contribution >= 0.6 is 0 Å². The van der Waals surface area contributed by atoms with E-state index in [0.717, 1.165) is 0 Å². The van der Waals surface area contributed by atoms with E-state index in [0.29, 0.717) is 11.3 Å². The highest BCUT2D eigenvalue weighted by Gasteiger charge is 2.18. The first-order valence-corrected chi connectivity index (χ1v) is 8.29. The lowest BCUT2D eigenvalue weighted by molar-refractivity contribution is 0.0696. The quantitative estimate of drug-likeness (QED) is 0.549. The summed E-state index contributed by atoms with van der Waals surface area (Å²) in [6.07, 6.45) is 0.106. The molecule has 6 nitrogen and oxygen atoms in total. The maximum absolute atomic E-state index is 12.9. The van der Waals surface area contributed by atoms with Crippen molar-refractivity contribution >= 4 is 33.7 Å². The van der Waals surface area contributed by atoms with Crippen molar-refractivity contribution in [1.82, 2.24) is 0 Å². The number of hydrogen-bond acceptors (Lipinski definition) is 5. The van der Waals surface area contributed by atoms with Gasteiger partial charge in [-0.25, -0.2) is 4.79 Å². The third-order valence-electron chi connectivity index (χ3n) is 3.99. The Balaban J connectivity index is 2.41. The molecule has 0 aliphatic carbocycles. The van der Waals surface area contributed by atoms with E-state index in [4.69, 9.17) is 14.3 Å². The number of aromatic carboxylic acids is 1. The fourth-order valence-corrected chi connectivity index (χ4v) is 2.77. The Hall–Kier alpha value is -3.15. The monoisotopic (exact) mass is 354 g/mol. The molecule has 0 aliphatic heterocycles. The Labute approximate surface area is 149 Å². The van der Waals surface area contributed by atoms with Gasteiger partial charge in [0.25, 0.3) is 0 Å². The Kier molecular flexibility index (Phi) is 4.50. The molecule has 3 aromatic rings. The third-order valence-corrected chi connectivity index (χ3v) is 3.99. The van der Waals surface area contributed by atoms with Crippen molar-refractivity contribution < 1.29 is 23.8 Å². The van der Waals surface area contributed by atoms with Crippen molar-refractivity contribution in [3.05, 3.63) is 51.7 Å². The molecule has 0 unspecified atom stereocenters. The van der Waals surface area contributed by atoms with Gasteiger partial charge in [-0.15, -0.1) is 0 Å². The number of benzene rings is 2. The van der Waals surface area contributed by atoms with Gasteiger partial charge in [0.05, 0.1) is 22.4 Å². The smallest absolute Gasteiger partial charge is 0.335 e. The van der Waals surface area contributed by atoms with E-state index in [9.17, 15) is 14.4 Å². The Morgan fingerprint density at radius 1 is 1.12 bits per heavy atom. The number of ether oxygens (including phenoxy) is 1. The second kappa shape index (κ2) is 6.63. The molecule has 0 fully saturated rings. The number of carbonyl (C=O) groups is 2. The standard InChI is InChI=1S/C20H18O6/c1-4-15(21)12-8-14-18(22)13-7-11(20(23)24)5-6-16(13)26-19(14)17(9-12)25-10(2)3/h5-10H,4H2,1-3H3,(H,23,24). The molecule has 1 N–H and O–H groups in total. The first-order chi connectivity index (χ1) is 12.3. The molecule has 0 saturated carbocycles. The van der Waals surface area contributed by atoms with Crippen LogP contribution in [0.1, 0.15) is 47.9 Å². The van der Waals surface area contributed by atoms with Gasteiger partial charge in [0.1, 0.15) is 5.58 Å². The zero-order chi connectivity index (χ0) is 19.0. The van der Waals surface area contributed by atoms with Gasteiger partial charge >= 0.3 is 5.97 Å². The molecule has 6 heteroatoms. The van der Waals surface area contributed by atoms with Gasteiger partial charge in [0.2, 0.25) is 5.43 Å². The van der Waals surface area contributed by atoms with Crippen LogP contribution in [0.25, 0.3) is 21.9 Å². The van der Waals surface area contributed by atoms with E-state index in [1.807, 2.05) is 13.8 Å². The molecule has 0 bridgehead atoms. The predicted octanol–water partition coefficient (Wildman–Crippen LogP) is 4.02. The van der Waals surface area contributed by atoms with Gasteiger partial charge in [0, 0.05) is 12.0 Å². The average Bonchev–Trinajstić information content (AvgIpc) is 2.60. The molecule has 0 atom stereocenters. The molecule has 2 aromatic carbocycles. The molecule has 0 aliphatic rings. The minimum Gasteiger partial charge on any atom is -0.487 e. The van der Waals surface area contributed by atoms with E-state index in [1.54, 1.807) is 13.0 Å². The number of hydrogen-bond donors (Lipinski definition) is 1. The molecular formula is C20H18O6. The highest BCUT2D eigenvalue weighted by molar-refractivity contribution is 6.03. The number of fused-ring (bicyclic) bond motifs is 2. The highest BCUT2D eigenvalue weighted by atomic mass is 16.5. The van der Waals surface area contributed by atoms with Crippen LogP contribution in [0.2, 0.25) is 0 Å². The van der Waals surface area contributed by atoms with E-state index >= 15 is 0 Å². The summed E-state index contributed by atoms with van der Waals surface area (Å²) in [6, 6.07) is 7.16. The van der Waals surface area contributed by atoms with Crippen molar-refractivity contribution in [2.24, 2.45) is 0 Å². The van der Waals surface area contributed by atoms with Crippen LogP contribution in [0.5, 0.6) is 5.75 Å². The second-order valence-corrected chi connectivity index (χ2v) is 6.24. The van der Waals surface area contributed by atoms with E-state index < -0.39 is 11.4 Å². The first-order valence-electron chi connectivity index (χ1n) is 8.29. The molecular weight excluding hydrogens is 336 g/mol. The van der Waals surface area contributed by atoms with Gasteiger partial charge in [-0.1, -0.05) is 6.92 Å². The van der Waals surface area contributed by atoms with Crippen LogP contribution in [0.4, 0.5) is 0 Å². The second-order valence-electron chi connectivity index (χ2n) is 6.24. The Morgan fingerprint density at radius 2 is 1.81 bits per heavy atom. The SMILES string of the molecule is CCC(=O)c1cc(OC(C)C)c2oc3ccc(C(=O)O)cc3c(=O)c2c1. The van der Waals surface area contributed by atoms with Crippen LogP contribution < -0.4 is 10.2 Å². The maximum Gasteiger partial charge on any atom is 0.335 e. The average molecular weight is 354 g/mol. The summed E-state index contributed by atoms with van der Waals surface area (Å²) in [6.45, 7) is 5.40. The first kappa shape index (κ1) is 17.7. The molecule has 134 valence electrons. The summed E-state index contributed by atoms with van der Waals surface area (Å²) in [5.74, 6) is -0.944. The fourth-order valence-electron chi connectivity index (χ4n) is 2.77. The minimum absolute atomic E-state index is 0.0106. The predicted molar refractivity (Wildman–Crippen MR) is 97.3 cm³/mol. The van der Waals surface area contributed by atoms with Gasteiger partial charge in [-0.05, 0) is 44.2 Å². The lowest BCUT2D eigenvalue weighted by Gasteiger charge is -2.13. The fraction of sp³-hybridized carbons (Fsp3) is 0.250. The number of ketones is 1. The third kappa shape index (κ3) is 3.06. The lowest BCUT2D eigenvalue weighted by atomic mass is 10.0. The minimum atomic E-state index is -1.13. The number of Topliss-reactive ketones (excluding diaryl/α,β-unsaturated/α-hetero) is 1. The molecule has 0 radical (unpaired) electrons. The Bertz CT molecular complexity index is 1090. The highest BCUT2D eigenvalue weighted by Crippen LogP contribution is 2.30. The van der Waals surface area contributed by atoms with Crippen LogP contribution in [0, 0.1) is 0 Å². The number of carbonyl (C=O) groups excluding carboxylic acids is 1. The lowest BCUT2D eigenvalue weighted by Crippen LogP contribution is -2.10. The maximum atomic E-state index is 12.9. The van der Waals surface area contributed by atoms with Gasteiger partial charge in [-0.2, -0.15) is 0 Å². The summed E-state index contributed by atoms with van der Waals surface area (Å²) in [5, 5.41) is 9.48. The summed E-state index contributed by atoms with van der Waals surface area (Å²) in [5.41, 5.74) is 0.451. The topological polar surface area (TPSA) is 93.8 Å². The van der Waals surface area contributed by atoms with Crippen molar-refractivity contribution in [2.75, 3.05) is 0 Å². The number of carboxylic acids is 1. The van der Waals surface area contributed by atoms with Gasteiger partial charge < -0.3 is 14.3 Å². The zero-order valence-corrected chi connectivity index (χ0v) is 14.7. The largest absolute Gasteiger partial charge is 0.487 e. The van der Waals surface area contributed by atoms with Gasteiger partial charge in [0.15, 0.2) is 17.1 Å². The molecule has 3 rings (SSSR count). The normalized spacial score (nSPS) is 11.2. The van der Waals surface area contributed by atoms with E-state index in [1.165, 1.54) is 24.3 Å². The number of carboxylic acid groups (broad SMARTS) is 1. The number of rotatable bonds is 5. The molecule has 0 saturated heterocycles. The summed E-state index contributed by atoms with van der Waals surface area (Å²) < 4.78 is 11.6. The van der Waals surface area contributed by atoms with Crippen LogP contribution in [-0.2, 0) is 0 Å². The van der Waals surface area contributed by atoms with Crippen molar-refractivity contribution in [2.45, 2.75) is 33.3 Å². The van der Waals surface area contributed by atoms with Crippen molar-refractivity contribution in [1.29, 1.82) is 0 Å². The molecule has 1 heterocycles. The Morgan fingerprint density at radius 3 is 2.42 bits per heavy atom. The van der Waals surface area contributed by atoms with Gasteiger partial charge in [-0.3, -0.25) is 9.59 Å². The van der Waals surface area contributed by atoms with E-state index in [-0.39, 0.29) is 45.8 Å². The molecule has 0 spiro atoms. The van der Waals surface area contributed by atoms with Crippen molar-refractivity contribution in [3.8, 4) is 5.75 Å². The summed E-state index contributed by atoms with van der Waals surface area (Å²) >= 11 is 0. The van der Waals surface area contributed by atoms with Crippen LogP contribution in [0.15, 0.2) is 39.5 Å². The van der Waals surface area contributed by atoms with E-state index in [2.05, 4.69) is 0 Å².